The minimum absolute atomic E-state index is 0.113. The van der Waals surface area contributed by atoms with Crippen LogP contribution in [0.15, 0.2) is 0 Å². The van der Waals surface area contributed by atoms with Gasteiger partial charge in [0.2, 0.25) is 0 Å². The molecule has 84 valence electrons. The summed E-state index contributed by atoms with van der Waals surface area (Å²) in [5.41, 5.74) is 5.41. The maximum Gasteiger partial charge on any atom is 0.152 e. The Bertz CT molecular complexity index is 286. The standard InChI is InChI=1S/C9H19NO3S/c1-8(2)13-5-3-9(10)4-6-14(11,12)7-9/h8H,3-7,10H2,1-2H3. The molecule has 5 heteroatoms. The predicted octanol–water partition coefficient (Wildman–Crippen LogP) is 0.317. The highest BCUT2D eigenvalue weighted by molar-refractivity contribution is 7.91. The first kappa shape index (κ1) is 11.9. The van der Waals surface area contributed by atoms with Gasteiger partial charge in [-0.2, -0.15) is 0 Å². The second-order valence-corrected chi connectivity index (χ2v) is 6.56. The number of hydrogen-bond donors (Lipinski definition) is 1. The van der Waals surface area contributed by atoms with Crippen molar-refractivity contribution in [2.24, 2.45) is 5.73 Å². The molecule has 0 aliphatic carbocycles. The van der Waals surface area contributed by atoms with Crippen LogP contribution in [0.25, 0.3) is 0 Å². The Morgan fingerprint density at radius 2 is 2.14 bits per heavy atom. The van der Waals surface area contributed by atoms with Crippen molar-refractivity contribution in [3.63, 3.8) is 0 Å². The molecule has 1 rings (SSSR count). The van der Waals surface area contributed by atoms with Crippen molar-refractivity contribution in [1.29, 1.82) is 0 Å². The van der Waals surface area contributed by atoms with E-state index < -0.39 is 15.4 Å². The highest BCUT2D eigenvalue weighted by atomic mass is 32.2. The molecule has 2 N–H and O–H groups in total. The van der Waals surface area contributed by atoms with Crippen LogP contribution in [-0.2, 0) is 14.6 Å². The van der Waals surface area contributed by atoms with E-state index in [1.807, 2.05) is 13.8 Å². The van der Waals surface area contributed by atoms with E-state index in [-0.39, 0.29) is 17.6 Å². The van der Waals surface area contributed by atoms with E-state index in [1.54, 1.807) is 0 Å². The molecule has 4 nitrogen and oxygen atoms in total. The van der Waals surface area contributed by atoms with Gasteiger partial charge in [0.15, 0.2) is 9.84 Å². The van der Waals surface area contributed by atoms with E-state index in [2.05, 4.69) is 0 Å². The van der Waals surface area contributed by atoms with Crippen LogP contribution in [0.2, 0.25) is 0 Å². The van der Waals surface area contributed by atoms with Crippen LogP contribution < -0.4 is 5.73 Å². The van der Waals surface area contributed by atoms with Crippen LogP contribution in [0, 0.1) is 0 Å². The molecule has 14 heavy (non-hydrogen) atoms. The lowest BCUT2D eigenvalue weighted by molar-refractivity contribution is 0.0669. The molecule has 0 aromatic heterocycles. The summed E-state index contributed by atoms with van der Waals surface area (Å²) in [5, 5.41) is 0. The molecule has 1 unspecified atom stereocenters. The van der Waals surface area contributed by atoms with Gasteiger partial charge in [-0.05, 0) is 26.7 Å². The molecule has 0 saturated carbocycles. The minimum atomic E-state index is -2.89. The third kappa shape index (κ3) is 3.55. The fourth-order valence-corrected chi connectivity index (χ4v) is 3.66. The van der Waals surface area contributed by atoms with E-state index in [0.717, 1.165) is 0 Å². The van der Waals surface area contributed by atoms with Crippen molar-refractivity contribution in [2.75, 3.05) is 18.1 Å². The van der Waals surface area contributed by atoms with Gasteiger partial charge in [-0.1, -0.05) is 0 Å². The van der Waals surface area contributed by atoms with Gasteiger partial charge in [-0.3, -0.25) is 0 Å². The lowest BCUT2D eigenvalue weighted by Gasteiger charge is -2.22. The summed E-state index contributed by atoms with van der Waals surface area (Å²) < 4.78 is 27.8. The van der Waals surface area contributed by atoms with E-state index >= 15 is 0 Å². The Kier molecular flexibility index (Phi) is 3.55. The summed E-state index contributed by atoms with van der Waals surface area (Å²) >= 11 is 0. The number of hydrogen-bond acceptors (Lipinski definition) is 4. The summed E-state index contributed by atoms with van der Waals surface area (Å²) in [5.74, 6) is 0.340. The average Bonchev–Trinajstić information content (AvgIpc) is 2.25. The fourth-order valence-electron chi connectivity index (χ4n) is 1.64. The molecule has 1 aliphatic rings. The summed E-state index contributed by atoms with van der Waals surface area (Å²) in [7, 11) is -2.89. The second-order valence-electron chi connectivity index (χ2n) is 4.37. The molecule has 0 radical (unpaired) electrons. The molecular weight excluding hydrogens is 202 g/mol. The van der Waals surface area contributed by atoms with Crippen LogP contribution in [-0.4, -0.2) is 38.2 Å². The molecule has 1 saturated heterocycles. The van der Waals surface area contributed by atoms with Gasteiger partial charge in [0.25, 0.3) is 0 Å². The SMILES string of the molecule is CC(C)OCCC1(N)CCS(=O)(=O)C1. The Hall–Kier alpha value is -0.130. The van der Waals surface area contributed by atoms with Gasteiger partial charge in [0.05, 0.1) is 17.6 Å². The molecule has 0 aromatic rings. The molecule has 1 fully saturated rings. The first-order valence-electron chi connectivity index (χ1n) is 4.94. The lowest BCUT2D eigenvalue weighted by atomic mass is 9.97. The lowest BCUT2D eigenvalue weighted by Crippen LogP contribution is -2.42. The topological polar surface area (TPSA) is 69.4 Å². The van der Waals surface area contributed by atoms with E-state index in [1.165, 1.54) is 0 Å². The summed E-state index contributed by atoms with van der Waals surface area (Å²) in [4.78, 5) is 0. The largest absolute Gasteiger partial charge is 0.379 e. The Labute approximate surface area is 85.7 Å². The molecule has 1 atom stereocenters. The predicted molar refractivity (Wildman–Crippen MR) is 55.9 cm³/mol. The van der Waals surface area contributed by atoms with Crippen molar-refractivity contribution in [3.8, 4) is 0 Å². The maximum absolute atomic E-state index is 11.2. The number of ether oxygens (including phenoxy) is 1. The maximum atomic E-state index is 11.2. The van der Waals surface area contributed by atoms with Gasteiger partial charge in [-0.15, -0.1) is 0 Å². The van der Waals surface area contributed by atoms with Gasteiger partial charge in [0, 0.05) is 12.1 Å². The summed E-state index contributed by atoms with van der Waals surface area (Å²) in [6.07, 6.45) is 1.37. The van der Waals surface area contributed by atoms with E-state index in [0.29, 0.717) is 19.4 Å². The molecule has 1 heterocycles. The van der Waals surface area contributed by atoms with Crippen LogP contribution in [0.1, 0.15) is 26.7 Å². The second kappa shape index (κ2) is 4.16. The zero-order valence-electron chi connectivity index (χ0n) is 8.82. The van der Waals surface area contributed by atoms with Crippen molar-refractivity contribution in [1.82, 2.24) is 0 Å². The van der Waals surface area contributed by atoms with Gasteiger partial charge in [-0.25, -0.2) is 8.42 Å². The zero-order chi connectivity index (χ0) is 10.8. The van der Waals surface area contributed by atoms with Crippen LogP contribution in [0.3, 0.4) is 0 Å². The first-order chi connectivity index (χ1) is 6.33. The van der Waals surface area contributed by atoms with Crippen LogP contribution in [0.5, 0.6) is 0 Å². The Morgan fingerprint density at radius 3 is 2.57 bits per heavy atom. The number of sulfone groups is 1. The van der Waals surface area contributed by atoms with E-state index in [9.17, 15) is 8.42 Å². The zero-order valence-corrected chi connectivity index (χ0v) is 9.64. The van der Waals surface area contributed by atoms with E-state index in [4.69, 9.17) is 10.5 Å². The fraction of sp³-hybridized carbons (Fsp3) is 1.00. The van der Waals surface area contributed by atoms with Gasteiger partial charge >= 0.3 is 0 Å². The van der Waals surface area contributed by atoms with Crippen molar-refractivity contribution in [3.05, 3.63) is 0 Å². The quantitative estimate of drug-likeness (QED) is 0.742. The van der Waals surface area contributed by atoms with Gasteiger partial charge < -0.3 is 10.5 Å². The average molecular weight is 221 g/mol. The van der Waals surface area contributed by atoms with Crippen molar-refractivity contribution in [2.45, 2.75) is 38.3 Å². The molecule has 0 spiro atoms. The first-order valence-corrected chi connectivity index (χ1v) is 6.76. The van der Waals surface area contributed by atoms with Crippen LogP contribution in [0.4, 0.5) is 0 Å². The molecule has 0 bridgehead atoms. The number of nitrogens with two attached hydrogens (primary N) is 1. The molecular formula is C9H19NO3S. The Morgan fingerprint density at radius 1 is 1.50 bits per heavy atom. The molecule has 0 aromatic carbocycles. The molecule has 1 aliphatic heterocycles. The van der Waals surface area contributed by atoms with Crippen molar-refractivity contribution >= 4 is 9.84 Å². The van der Waals surface area contributed by atoms with Gasteiger partial charge in [0.1, 0.15) is 0 Å². The smallest absolute Gasteiger partial charge is 0.152 e. The highest BCUT2D eigenvalue weighted by Gasteiger charge is 2.38. The third-order valence-electron chi connectivity index (χ3n) is 2.47. The highest BCUT2D eigenvalue weighted by Crippen LogP contribution is 2.24. The normalized spacial score (nSPS) is 31.1. The summed E-state index contributed by atoms with van der Waals surface area (Å²) in [6, 6.07) is 0. The summed E-state index contributed by atoms with van der Waals surface area (Å²) in [6.45, 7) is 4.45. The Balaban J connectivity index is 2.38. The third-order valence-corrected chi connectivity index (χ3v) is 4.31. The van der Waals surface area contributed by atoms with Crippen LogP contribution >= 0.6 is 0 Å². The number of rotatable bonds is 4. The molecule has 0 amide bonds. The minimum Gasteiger partial charge on any atom is -0.379 e. The monoisotopic (exact) mass is 221 g/mol. The van der Waals surface area contributed by atoms with Crippen molar-refractivity contribution < 1.29 is 13.2 Å².